The van der Waals surface area contributed by atoms with Gasteiger partial charge in [0, 0.05) is 31.9 Å². The molecule has 0 spiro atoms. The molecule has 1 aromatic heterocycles. The highest BCUT2D eigenvalue weighted by Crippen LogP contribution is 2.31. The summed E-state index contributed by atoms with van der Waals surface area (Å²) >= 11 is 0. The Morgan fingerprint density at radius 3 is 2.83 bits per heavy atom. The van der Waals surface area contributed by atoms with E-state index in [1.165, 1.54) is 17.7 Å². The van der Waals surface area contributed by atoms with Gasteiger partial charge in [0.1, 0.15) is 5.82 Å². The highest BCUT2D eigenvalue weighted by molar-refractivity contribution is 5.78. The first kappa shape index (κ1) is 25.7. The van der Waals surface area contributed by atoms with Crippen LogP contribution in [0.2, 0.25) is 0 Å². The molecule has 36 heavy (non-hydrogen) atoms. The molecule has 2 aliphatic heterocycles. The number of urea groups is 1. The van der Waals surface area contributed by atoms with Crippen LogP contribution in [0.15, 0.2) is 30.3 Å². The number of carboxylic acid groups (broad SMARTS) is 1. The van der Waals surface area contributed by atoms with E-state index in [0.29, 0.717) is 31.8 Å². The lowest BCUT2D eigenvalue weighted by atomic mass is 10.0. The Morgan fingerprint density at radius 1 is 1.25 bits per heavy atom. The minimum absolute atomic E-state index is 0.127. The molecule has 9 heteroatoms. The summed E-state index contributed by atoms with van der Waals surface area (Å²) in [5.74, 6) is -0.261. The highest BCUT2D eigenvalue weighted by atomic mass is 19.1. The zero-order chi connectivity index (χ0) is 25.7. The van der Waals surface area contributed by atoms with Gasteiger partial charge in [-0.15, -0.1) is 0 Å². The SMILES string of the molecule is CC(C)COc1ccc([C@H](CC(=O)O)N2CCN(CCCc3ccc4c(n3)NCCC4)C2=O)cc1F. The van der Waals surface area contributed by atoms with Gasteiger partial charge in [0.25, 0.3) is 0 Å². The second-order valence-electron chi connectivity index (χ2n) is 9.92. The molecule has 0 aliphatic carbocycles. The minimum atomic E-state index is -1.04. The molecule has 2 aliphatic rings. The number of amides is 2. The van der Waals surface area contributed by atoms with Crippen molar-refractivity contribution in [1.82, 2.24) is 14.8 Å². The van der Waals surface area contributed by atoms with Crippen molar-refractivity contribution < 1.29 is 23.8 Å². The average Bonchev–Trinajstić information content (AvgIpc) is 3.21. The van der Waals surface area contributed by atoms with Crippen molar-refractivity contribution in [1.29, 1.82) is 0 Å². The summed E-state index contributed by atoms with van der Waals surface area (Å²) in [6, 6.07) is 7.66. The van der Waals surface area contributed by atoms with E-state index in [0.717, 1.165) is 43.7 Å². The first-order valence-electron chi connectivity index (χ1n) is 12.7. The van der Waals surface area contributed by atoms with Crippen LogP contribution in [0.3, 0.4) is 0 Å². The number of aryl methyl sites for hydroxylation is 2. The average molecular weight is 499 g/mol. The zero-order valence-electron chi connectivity index (χ0n) is 21.0. The number of nitrogens with one attached hydrogen (secondary N) is 1. The summed E-state index contributed by atoms with van der Waals surface area (Å²) in [5, 5.41) is 12.8. The fourth-order valence-electron chi connectivity index (χ4n) is 4.73. The van der Waals surface area contributed by atoms with Crippen molar-refractivity contribution in [3.05, 3.63) is 53.0 Å². The first-order chi connectivity index (χ1) is 17.3. The number of carboxylic acids is 1. The minimum Gasteiger partial charge on any atom is -0.490 e. The Bertz CT molecular complexity index is 1090. The van der Waals surface area contributed by atoms with Crippen molar-refractivity contribution in [3.8, 4) is 5.75 Å². The quantitative estimate of drug-likeness (QED) is 0.474. The van der Waals surface area contributed by atoms with Gasteiger partial charge >= 0.3 is 12.0 Å². The van der Waals surface area contributed by atoms with Crippen LogP contribution in [0.25, 0.3) is 0 Å². The second-order valence-corrected chi connectivity index (χ2v) is 9.92. The summed E-state index contributed by atoms with van der Waals surface area (Å²) < 4.78 is 20.2. The number of rotatable bonds is 11. The van der Waals surface area contributed by atoms with Crippen LogP contribution in [0.4, 0.5) is 15.0 Å². The Hall–Kier alpha value is -3.36. The number of aromatic nitrogens is 1. The fraction of sp³-hybridized carbons (Fsp3) is 0.519. The third-order valence-electron chi connectivity index (χ3n) is 6.60. The summed E-state index contributed by atoms with van der Waals surface area (Å²) in [4.78, 5) is 32.8. The van der Waals surface area contributed by atoms with Crippen LogP contribution in [0, 0.1) is 11.7 Å². The predicted molar refractivity (Wildman–Crippen MR) is 135 cm³/mol. The van der Waals surface area contributed by atoms with Gasteiger partial charge in [-0.3, -0.25) is 4.79 Å². The second kappa shape index (κ2) is 11.6. The van der Waals surface area contributed by atoms with Gasteiger partial charge in [-0.1, -0.05) is 26.0 Å². The molecule has 4 rings (SSSR count). The molecule has 194 valence electrons. The van der Waals surface area contributed by atoms with Gasteiger partial charge in [-0.25, -0.2) is 14.2 Å². The van der Waals surface area contributed by atoms with Crippen LogP contribution in [-0.4, -0.2) is 64.7 Å². The monoisotopic (exact) mass is 498 g/mol. The molecule has 8 nitrogen and oxygen atoms in total. The van der Waals surface area contributed by atoms with Gasteiger partial charge in [0.15, 0.2) is 11.6 Å². The molecule has 1 atom stereocenters. The molecular weight excluding hydrogens is 463 g/mol. The summed E-state index contributed by atoms with van der Waals surface area (Å²) in [5.41, 5.74) is 2.69. The molecule has 3 heterocycles. The summed E-state index contributed by atoms with van der Waals surface area (Å²) in [7, 11) is 0. The van der Waals surface area contributed by atoms with Crippen LogP contribution in [0.1, 0.15) is 56.0 Å². The molecule has 2 aromatic rings. The first-order valence-corrected chi connectivity index (χ1v) is 12.7. The summed E-state index contributed by atoms with van der Waals surface area (Å²) in [6.45, 7) is 6.72. The van der Waals surface area contributed by atoms with Crippen molar-refractivity contribution in [2.75, 3.05) is 38.1 Å². The number of ether oxygens (including phenoxy) is 1. The van der Waals surface area contributed by atoms with E-state index < -0.39 is 17.8 Å². The Balaban J connectivity index is 1.38. The number of nitrogens with zero attached hydrogens (tertiary/aromatic N) is 3. The fourth-order valence-corrected chi connectivity index (χ4v) is 4.73. The number of carbonyl (C=O) groups excluding carboxylic acids is 1. The number of carbonyl (C=O) groups is 2. The van der Waals surface area contributed by atoms with Gasteiger partial charge in [0.05, 0.1) is 19.1 Å². The number of anilines is 1. The third kappa shape index (κ3) is 6.25. The van der Waals surface area contributed by atoms with Crippen molar-refractivity contribution >= 4 is 17.8 Å². The van der Waals surface area contributed by atoms with Crippen LogP contribution < -0.4 is 10.1 Å². The molecule has 0 radical (unpaired) electrons. The summed E-state index contributed by atoms with van der Waals surface area (Å²) in [6.07, 6.45) is 3.37. The van der Waals surface area contributed by atoms with Crippen molar-refractivity contribution in [2.45, 2.75) is 52.0 Å². The molecular formula is C27H35FN4O4. The zero-order valence-corrected chi connectivity index (χ0v) is 21.0. The molecule has 0 bridgehead atoms. The number of hydrogen-bond acceptors (Lipinski definition) is 5. The molecule has 0 saturated carbocycles. The number of fused-ring (bicyclic) bond motifs is 1. The topological polar surface area (TPSA) is 95.0 Å². The van der Waals surface area contributed by atoms with E-state index in [1.807, 2.05) is 13.8 Å². The molecule has 1 fully saturated rings. The number of benzene rings is 1. The Kier molecular flexibility index (Phi) is 8.28. The van der Waals surface area contributed by atoms with E-state index >= 15 is 0 Å². The third-order valence-corrected chi connectivity index (χ3v) is 6.60. The maximum atomic E-state index is 14.7. The van der Waals surface area contributed by atoms with E-state index in [4.69, 9.17) is 9.72 Å². The van der Waals surface area contributed by atoms with E-state index in [9.17, 15) is 19.1 Å². The lowest BCUT2D eigenvalue weighted by molar-refractivity contribution is -0.138. The number of aliphatic carboxylic acids is 1. The van der Waals surface area contributed by atoms with Crippen LogP contribution >= 0.6 is 0 Å². The number of hydrogen-bond donors (Lipinski definition) is 2. The van der Waals surface area contributed by atoms with Crippen molar-refractivity contribution in [2.24, 2.45) is 5.92 Å². The highest BCUT2D eigenvalue weighted by Gasteiger charge is 2.35. The molecule has 2 amide bonds. The molecule has 2 N–H and O–H groups in total. The number of halogens is 1. The van der Waals surface area contributed by atoms with E-state index in [2.05, 4.69) is 17.4 Å². The maximum Gasteiger partial charge on any atom is 0.320 e. The van der Waals surface area contributed by atoms with Gasteiger partial charge in [-0.2, -0.15) is 0 Å². The van der Waals surface area contributed by atoms with Crippen LogP contribution in [-0.2, 0) is 17.6 Å². The van der Waals surface area contributed by atoms with Gasteiger partial charge < -0.3 is 25.0 Å². The van der Waals surface area contributed by atoms with E-state index in [-0.39, 0.29) is 24.1 Å². The largest absolute Gasteiger partial charge is 0.490 e. The smallest absolute Gasteiger partial charge is 0.320 e. The Morgan fingerprint density at radius 2 is 2.08 bits per heavy atom. The van der Waals surface area contributed by atoms with Gasteiger partial charge in [0.2, 0.25) is 0 Å². The molecule has 1 saturated heterocycles. The van der Waals surface area contributed by atoms with E-state index in [1.54, 1.807) is 15.9 Å². The normalized spacial score (nSPS) is 16.2. The number of pyridine rings is 1. The predicted octanol–water partition coefficient (Wildman–Crippen LogP) is 4.50. The molecule has 0 unspecified atom stereocenters. The standard InChI is InChI=1S/C27H35FN4O4/c1-18(2)17-36-24-10-8-20(15-22(24)28)23(16-25(33)34)32-14-13-31(27(32)35)12-4-6-21-9-7-19-5-3-11-29-26(19)30-21/h7-10,15,18,23H,3-6,11-14,16-17H2,1-2H3,(H,29,30)(H,33,34)/t23-/m0/s1. The maximum absolute atomic E-state index is 14.7. The van der Waals surface area contributed by atoms with Gasteiger partial charge in [-0.05, 0) is 60.9 Å². The van der Waals surface area contributed by atoms with Crippen LogP contribution in [0.5, 0.6) is 5.75 Å². The Labute approximate surface area is 211 Å². The molecule has 1 aromatic carbocycles. The lowest BCUT2D eigenvalue weighted by Crippen LogP contribution is -2.36. The lowest BCUT2D eigenvalue weighted by Gasteiger charge is -2.27. The van der Waals surface area contributed by atoms with Crippen molar-refractivity contribution in [3.63, 3.8) is 0 Å².